The minimum atomic E-state index is -1.16. The molecule has 3 nitrogen and oxygen atoms in total. The van der Waals surface area contributed by atoms with Crippen LogP contribution in [0.1, 0.15) is 41.0 Å². The molecular formula is C20H30O3. The Labute approximate surface area is 140 Å². The van der Waals surface area contributed by atoms with E-state index in [2.05, 4.69) is 39.0 Å². The van der Waals surface area contributed by atoms with Crippen LogP contribution >= 0.6 is 0 Å². The van der Waals surface area contributed by atoms with Crippen LogP contribution in [0.5, 0.6) is 0 Å². The highest BCUT2D eigenvalue weighted by Gasteiger charge is 2.36. The summed E-state index contributed by atoms with van der Waals surface area (Å²) >= 11 is 0. The summed E-state index contributed by atoms with van der Waals surface area (Å²) in [5.74, 6) is 0.111. The molecule has 0 aromatic rings. The highest BCUT2D eigenvalue weighted by Crippen LogP contribution is 2.28. The second-order valence-electron chi connectivity index (χ2n) is 6.89. The molecular weight excluding hydrogens is 288 g/mol. The van der Waals surface area contributed by atoms with Gasteiger partial charge in [0.15, 0.2) is 5.78 Å². The molecule has 0 bridgehead atoms. The van der Waals surface area contributed by atoms with E-state index < -0.39 is 18.1 Å². The van der Waals surface area contributed by atoms with Crippen LogP contribution in [0.2, 0.25) is 0 Å². The maximum atomic E-state index is 11.9. The van der Waals surface area contributed by atoms with Gasteiger partial charge in [0.2, 0.25) is 0 Å². The van der Waals surface area contributed by atoms with Crippen LogP contribution in [0.25, 0.3) is 0 Å². The topological polar surface area (TPSA) is 57.5 Å². The minimum absolute atomic E-state index is 0.304. The number of rotatable bonds is 6. The number of aliphatic hydroxyl groups excluding tert-OH is 2. The van der Waals surface area contributed by atoms with Crippen LogP contribution in [0.3, 0.4) is 0 Å². The van der Waals surface area contributed by atoms with Gasteiger partial charge in [-0.25, -0.2) is 0 Å². The molecule has 0 aromatic heterocycles. The summed E-state index contributed by atoms with van der Waals surface area (Å²) in [6.45, 7) is 9.94. The molecule has 128 valence electrons. The molecule has 0 spiro atoms. The summed E-state index contributed by atoms with van der Waals surface area (Å²) in [4.78, 5) is 11.9. The lowest BCUT2D eigenvalue weighted by molar-refractivity contribution is -0.128. The van der Waals surface area contributed by atoms with E-state index in [9.17, 15) is 15.0 Å². The van der Waals surface area contributed by atoms with E-state index >= 15 is 0 Å². The number of allylic oxidation sites excluding steroid dienone is 5. The highest BCUT2D eigenvalue weighted by atomic mass is 16.3. The van der Waals surface area contributed by atoms with Gasteiger partial charge in [0, 0.05) is 5.92 Å². The van der Waals surface area contributed by atoms with Crippen molar-refractivity contribution in [2.24, 2.45) is 17.8 Å². The van der Waals surface area contributed by atoms with Gasteiger partial charge < -0.3 is 10.2 Å². The Bertz CT molecular complexity index is 523. The lowest BCUT2D eigenvalue weighted by Crippen LogP contribution is -2.41. The fourth-order valence-electron chi connectivity index (χ4n) is 2.67. The minimum Gasteiger partial charge on any atom is -0.388 e. The summed E-state index contributed by atoms with van der Waals surface area (Å²) in [7, 11) is 0. The predicted octanol–water partition coefficient (Wildman–Crippen LogP) is 3.59. The summed E-state index contributed by atoms with van der Waals surface area (Å²) in [5, 5.41) is 20.2. The Balaban J connectivity index is 2.71. The number of ketones is 1. The van der Waals surface area contributed by atoms with Gasteiger partial charge in [-0.2, -0.15) is 0 Å². The van der Waals surface area contributed by atoms with Gasteiger partial charge >= 0.3 is 0 Å². The van der Waals surface area contributed by atoms with Crippen LogP contribution in [0.15, 0.2) is 47.6 Å². The lowest BCUT2D eigenvalue weighted by Gasteiger charge is -2.30. The zero-order valence-corrected chi connectivity index (χ0v) is 14.9. The van der Waals surface area contributed by atoms with Crippen LogP contribution in [-0.4, -0.2) is 28.2 Å². The maximum absolute atomic E-state index is 11.9. The van der Waals surface area contributed by atoms with Gasteiger partial charge in [-0.15, -0.1) is 0 Å². The van der Waals surface area contributed by atoms with Gasteiger partial charge in [0.05, 0.1) is 6.10 Å². The summed E-state index contributed by atoms with van der Waals surface area (Å²) in [5.41, 5.74) is 1.23. The first-order chi connectivity index (χ1) is 10.7. The van der Waals surface area contributed by atoms with Crippen molar-refractivity contribution in [2.75, 3.05) is 0 Å². The molecule has 1 rings (SSSR count). The Hall–Kier alpha value is -1.45. The van der Waals surface area contributed by atoms with E-state index in [1.165, 1.54) is 6.08 Å². The molecule has 1 aliphatic rings. The van der Waals surface area contributed by atoms with Crippen molar-refractivity contribution < 1.29 is 15.0 Å². The molecule has 0 aliphatic heterocycles. The normalized spacial score (nSPS) is 28.0. The molecule has 0 heterocycles. The van der Waals surface area contributed by atoms with Crippen LogP contribution in [-0.2, 0) is 4.79 Å². The third-order valence-corrected chi connectivity index (χ3v) is 4.13. The first kappa shape index (κ1) is 19.6. The van der Waals surface area contributed by atoms with Crippen molar-refractivity contribution in [1.29, 1.82) is 0 Å². The third-order valence-electron chi connectivity index (χ3n) is 4.13. The first-order valence-corrected chi connectivity index (χ1v) is 8.34. The Kier molecular flexibility index (Phi) is 7.66. The summed E-state index contributed by atoms with van der Waals surface area (Å²) < 4.78 is 0. The summed E-state index contributed by atoms with van der Waals surface area (Å²) in [6, 6.07) is 0. The SMILES string of the molecule is CC1=C[C@H](O)[C@H](/C(C)=C/C=C/C(C)/C=C/CC(C)C)[C@@H](O)C1=O. The Morgan fingerprint density at radius 3 is 2.52 bits per heavy atom. The van der Waals surface area contributed by atoms with Crippen LogP contribution in [0.4, 0.5) is 0 Å². The Morgan fingerprint density at radius 2 is 1.91 bits per heavy atom. The molecule has 0 fully saturated rings. The maximum Gasteiger partial charge on any atom is 0.187 e. The molecule has 2 N–H and O–H groups in total. The van der Waals surface area contributed by atoms with Gasteiger partial charge in [-0.3, -0.25) is 4.79 Å². The van der Waals surface area contributed by atoms with Gasteiger partial charge in [-0.1, -0.05) is 56.7 Å². The molecule has 0 saturated carbocycles. The van der Waals surface area contributed by atoms with Crippen LogP contribution in [0, 0.1) is 17.8 Å². The average Bonchev–Trinajstić information content (AvgIpc) is 2.44. The number of Topliss-reactive ketones (excluding diaryl/α,β-unsaturated/α-hetero) is 1. The van der Waals surface area contributed by atoms with E-state index in [0.717, 1.165) is 12.0 Å². The molecule has 0 saturated heterocycles. The Morgan fingerprint density at radius 1 is 1.26 bits per heavy atom. The van der Waals surface area contributed by atoms with E-state index in [1.54, 1.807) is 6.92 Å². The van der Waals surface area contributed by atoms with Crippen LogP contribution < -0.4 is 0 Å². The number of carbonyl (C=O) groups is 1. The summed E-state index contributed by atoms with van der Waals surface area (Å²) in [6.07, 6.45) is 10.8. The zero-order chi connectivity index (χ0) is 17.6. The largest absolute Gasteiger partial charge is 0.388 e. The predicted molar refractivity (Wildman–Crippen MR) is 94.9 cm³/mol. The number of aliphatic hydroxyl groups is 2. The van der Waals surface area contributed by atoms with Gasteiger partial charge in [0.1, 0.15) is 6.10 Å². The fourth-order valence-corrected chi connectivity index (χ4v) is 2.67. The zero-order valence-electron chi connectivity index (χ0n) is 14.9. The molecule has 1 aliphatic carbocycles. The standard InChI is InChI=1S/C20H30O3/c1-13(2)8-6-9-14(3)10-7-11-15(4)18-17(21)12-16(5)19(22)20(18)23/h6-7,9-14,17-18,20-21,23H,8H2,1-5H3/b9-6+,10-7+,15-11+/t14?,17-,18-,20+/m0/s1. The van der Waals surface area contributed by atoms with Crippen molar-refractivity contribution in [2.45, 2.75) is 53.2 Å². The van der Waals surface area contributed by atoms with Crippen molar-refractivity contribution in [3.8, 4) is 0 Å². The van der Waals surface area contributed by atoms with E-state index in [0.29, 0.717) is 17.4 Å². The molecule has 0 radical (unpaired) electrons. The van der Waals surface area contributed by atoms with E-state index in [-0.39, 0.29) is 5.78 Å². The van der Waals surface area contributed by atoms with Crippen molar-refractivity contribution in [1.82, 2.24) is 0 Å². The van der Waals surface area contributed by atoms with Gasteiger partial charge in [-0.05, 0) is 43.8 Å². The number of carbonyl (C=O) groups excluding carboxylic acids is 1. The van der Waals surface area contributed by atoms with E-state index in [1.807, 2.05) is 19.1 Å². The second kappa shape index (κ2) is 8.99. The molecule has 23 heavy (non-hydrogen) atoms. The van der Waals surface area contributed by atoms with Crippen molar-refractivity contribution >= 4 is 5.78 Å². The number of hydrogen-bond acceptors (Lipinski definition) is 3. The average molecular weight is 318 g/mol. The highest BCUT2D eigenvalue weighted by molar-refractivity contribution is 5.99. The molecule has 0 aromatic carbocycles. The van der Waals surface area contributed by atoms with Crippen molar-refractivity contribution in [3.63, 3.8) is 0 Å². The smallest absolute Gasteiger partial charge is 0.187 e. The number of hydrogen-bond donors (Lipinski definition) is 2. The monoisotopic (exact) mass is 318 g/mol. The quantitative estimate of drug-likeness (QED) is 0.581. The lowest BCUT2D eigenvalue weighted by atomic mass is 9.80. The molecule has 1 unspecified atom stereocenters. The third kappa shape index (κ3) is 5.92. The first-order valence-electron chi connectivity index (χ1n) is 8.34. The second-order valence-corrected chi connectivity index (χ2v) is 6.89. The van der Waals surface area contributed by atoms with Crippen molar-refractivity contribution in [3.05, 3.63) is 47.6 Å². The molecule has 4 atom stereocenters. The fraction of sp³-hybridized carbons (Fsp3) is 0.550. The molecule has 0 amide bonds. The molecule has 3 heteroatoms. The van der Waals surface area contributed by atoms with Gasteiger partial charge in [0.25, 0.3) is 0 Å². The van der Waals surface area contributed by atoms with E-state index in [4.69, 9.17) is 0 Å².